The highest BCUT2D eigenvalue weighted by Crippen LogP contribution is 2.34. The number of nitrogens with zero attached hydrogens (tertiary/aromatic N) is 3. The van der Waals surface area contributed by atoms with Gasteiger partial charge >= 0.3 is 6.03 Å². The molecule has 156 valence electrons. The number of aromatic nitrogens is 3. The summed E-state index contributed by atoms with van der Waals surface area (Å²) >= 11 is 12.0. The molecule has 0 saturated carbocycles. The van der Waals surface area contributed by atoms with Gasteiger partial charge < -0.3 is 16.4 Å². The topological polar surface area (TPSA) is 97.9 Å². The Labute approximate surface area is 188 Å². The Balaban J connectivity index is 1.66. The highest BCUT2D eigenvalue weighted by molar-refractivity contribution is 6.30. The van der Waals surface area contributed by atoms with Crippen molar-refractivity contribution >= 4 is 40.7 Å². The van der Waals surface area contributed by atoms with Crippen LogP contribution in [0.3, 0.4) is 0 Å². The van der Waals surface area contributed by atoms with E-state index in [9.17, 15) is 4.79 Å². The van der Waals surface area contributed by atoms with Gasteiger partial charge in [0, 0.05) is 34.5 Å². The molecule has 9 heteroatoms. The largest absolute Gasteiger partial charge is 0.382 e. The third-order valence-electron chi connectivity index (χ3n) is 4.52. The van der Waals surface area contributed by atoms with Gasteiger partial charge in [-0.3, -0.25) is 4.98 Å². The molecule has 7 nitrogen and oxygen atoms in total. The molecule has 31 heavy (non-hydrogen) atoms. The number of hydrogen-bond acceptors (Lipinski definition) is 4. The first-order valence-electron chi connectivity index (χ1n) is 9.35. The number of pyridine rings is 1. The molecule has 0 aliphatic carbocycles. The number of halogens is 2. The minimum Gasteiger partial charge on any atom is -0.382 e. The van der Waals surface area contributed by atoms with E-state index in [1.165, 1.54) is 0 Å². The normalized spacial score (nSPS) is 10.6. The van der Waals surface area contributed by atoms with Crippen LogP contribution in [0.1, 0.15) is 5.56 Å². The van der Waals surface area contributed by atoms with Gasteiger partial charge in [0.2, 0.25) is 0 Å². The second kappa shape index (κ2) is 9.07. The number of nitrogens with one attached hydrogen (secondary N) is 2. The van der Waals surface area contributed by atoms with Crippen molar-refractivity contribution in [1.29, 1.82) is 0 Å². The van der Waals surface area contributed by atoms with Crippen LogP contribution >= 0.6 is 23.2 Å². The van der Waals surface area contributed by atoms with Gasteiger partial charge in [-0.15, -0.1) is 0 Å². The lowest BCUT2D eigenvalue weighted by Crippen LogP contribution is -2.28. The van der Waals surface area contributed by atoms with Crippen LogP contribution in [0.2, 0.25) is 10.0 Å². The summed E-state index contributed by atoms with van der Waals surface area (Å²) in [6.07, 6.45) is 3.36. The van der Waals surface area contributed by atoms with Crippen molar-refractivity contribution in [2.75, 3.05) is 11.1 Å². The summed E-state index contributed by atoms with van der Waals surface area (Å²) in [5.41, 5.74) is 9.63. The Bertz CT molecular complexity index is 1190. The van der Waals surface area contributed by atoms with Crippen molar-refractivity contribution in [3.05, 3.63) is 88.7 Å². The highest BCUT2D eigenvalue weighted by atomic mass is 35.5. The Kier molecular flexibility index (Phi) is 6.06. The SMILES string of the molecule is Nc1c(NC(=O)NCc2cccnc2)c(-c2ccc(Cl)cc2)nn1-c1ccc(Cl)cc1. The molecular weight excluding hydrogens is 435 g/mol. The second-order valence-electron chi connectivity index (χ2n) is 6.67. The van der Waals surface area contributed by atoms with Crippen LogP contribution in [0, 0.1) is 0 Å². The van der Waals surface area contributed by atoms with Crippen molar-refractivity contribution in [3.8, 4) is 16.9 Å². The van der Waals surface area contributed by atoms with Crippen LogP contribution in [-0.4, -0.2) is 20.8 Å². The molecule has 2 heterocycles. The first kappa shape index (κ1) is 20.7. The predicted octanol–water partition coefficient (Wildman–Crippen LogP) is 5.15. The van der Waals surface area contributed by atoms with Gasteiger partial charge in [0.05, 0.1) is 5.69 Å². The highest BCUT2D eigenvalue weighted by Gasteiger charge is 2.20. The summed E-state index contributed by atoms with van der Waals surface area (Å²) in [5.74, 6) is 0.281. The maximum Gasteiger partial charge on any atom is 0.319 e. The van der Waals surface area contributed by atoms with E-state index in [1.54, 1.807) is 53.5 Å². The fourth-order valence-electron chi connectivity index (χ4n) is 2.99. The Hall–Kier alpha value is -3.55. The lowest BCUT2D eigenvalue weighted by molar-refractivity contribution is 0.251. The van der Waals surface area contributed by atoms with Crippen LogP contribution in [0.15, 0.2) is 73.1 Å². The van der Waals surface area contributed by atoms with Crippen LogP contribution in [0.25, 0.3) is 16.9 Å². The standard InChI is InChI=1S/C22H18Cl2N6O/c23-16-5-3-15(4-6-16)19-20(28-22(31)27-13-14-2-1-11-26-12-14)21(25)30(29-19)18-9-7-17(24)8-10-18/h1-12H,13,25H2,(H2,27,28,31). The smallest absolute Gasteiger partial charge is 0.319 e. The number of carbonyl (C=O) groups is 1. The summed E-state index contributed by atoms with van der Waals surface area (Å²) < 4.78 is 1.55. The van der Waals surface area contributed by atoms with Crippen LogP contribution in [-0.2, 0) is 6.54 Å². The first-order chi connectivity index (χ1) is 15.0. The molecule has 4 aromatic rings. The molecule has 0 saturated heterocycles. The molecule has 2 aromatic heterocycles. The third-order valence-corrected chi connectivity index (χ3v) is 5.03. The monoisotopic (exact) mass is 452 g/mol. The molecule has 2 aromatic carbocycles. The molecule has 0 radical (unpaired) electrons. The van der Waals surface area contributed by atoms with Gasteiger partial charge in [0.15, 0.2) is 5.82 Å². The van der Waals surface area contributed by atoms with E-state index >= 15 is 0 Å². The Morgan fingerprint density at radius 3 is 2.32 bits per heavy atom. The van der Waals surface area contributed by atoms with E-state index in [0.717, 1.165) is 11.1 Å². The van der Waals surface area contributed by atoms with Gasteiger partial charge in [0.1, 0.15) is 11.4 Å². The van der Waals surface area contributed by atoms with Crippen molar-refractivity contribution in [2.45, 2.75) is 6.54 Å². The number of nitrogen functional groups attached to an aromatic ring is 1. The second-order valence-corrected chi connectivity index (χ2v) is 7.55. The maximum atomic E-state index is 12.6. The van der Waals surface area contributed by atoms with Crippen LogP contribution in [0.5, 0.6) is 0 Å². The molecule has 0 aliphatic rings. The van der Waals surface area contributed by atoms with E-state index in [-0.39, 0.29) is 5.82 Å². The van der Waals surface area contributed by atoms with Crippen LogP contribution < -0.4 is 16.4 Å². The maximum absolute atomic E-state index is 12.6. The summed E-state index contributed by atoms with van der Waals surface area (Å²) in [4.78, 5) is 16.6. The number of hydrogen-bond donors (Lipinski definition) is 3. The Morgan fingerprint density at radius 1 is 1.00 bits per heavy atom. The fourth-order valence-corrected chi connectivity index (χ4v) is 3.24. The first-order valence-corrected chi connectivity index (χ1v) is 10.1. The van der Waals surface area contributed by atoms with Crippen LogP contribution in [0.4, 0.5) is 16.3 Å². The van der Waals surface area contributed by atoms with E-state index in [1.807, 2.05) is 24.3 Å². The number of amides is 2. The van der Waals surface area contributed by atoms with Crippen molar-refractivity contribution < 1.29 is 4.79 Å². The number of nitrogens with two attached hydrogens (primary N) is 1. The molecule has 0 unspecified atom stereocenters. The number of benzene rings is 2. The zero-order valence-electron chi connectivity index (χ0n) is 16.2. The zero-order valence-corrected chi connectivity index (χ0v) is 17.7. The quantitative estimate of drug-likeness (QED) is 0.390. The molecule has 0 spiro atoms. The number of urea groups is 1. The van der Waals surface area contributed by atoms with Crippen molar-refractivity contribution in [3.63, 3.8) is 0 Å². The van der Waals surface area contributed by atoms with Crippen molar-refractivity contribution in [1.82, 2.24) is 20.1 Å². The lowest BCUT2D eigenvalue weighted by atomic mass is 10.1. The molecule has 0 aliphatic heterocycles. The summed E-state index contributed by atoms with van der Waals surface area (Å²) in [6, 6.07) is 17.5. The molecule has 4 rings (SSSR count). The average molecular weight is 453 g/mol. The van der Waals surface area contributed by atoms with Gasteiger partial charge in [-0.05, 0) is 48.0 Å². The molecule has 4 N–H and O–H groups in total. The summed E-state index contributed by atoms with van der Waals surface area (Å²) in [7, 11) is 0. The summed E-state index contributed by atoms with van der Waals surface area (Å²) in [5, 5.41) is 11.5. The number of carbonyl (C=O) groups excluding carboxylic acids is 1. The zero-order chi connectivity index (χ0) is 21.8. The molecular formula is C22H18Cl2N6O. The lowest BCUT2D eigenvalue weighted by Gasteiger charge is -2.09. The summed E-state index contributed by atoms with van der Waals surface area (Å²) in [6.45, 7) is 0.321. The molecule has 0 fully saturated rings. The minimum atomic E-state index is -0.415. The van der Waals surface area contributed by atoms with Gasteiger partial charge in [-0.2, -0.15) is 5.10 Å². The van der Waals surface area contributed by atoms with Gasteiger partial charge in [-0.1, -0.05) is 41.4 Å². The van der Waals surface area contributed by atoms with E-state index in [2.05, 4.69) is 20.7 Å². The van der Waals surface area contributed by atoms with Crippen molar-refractivity contribution in [2.24, 2.45) is 0 Å². The average Bonchev–Trinajstić information content (AvgIpc) is 3.10. The molecule has 2 amide bonds. The molecule has 0 bridgehead atoms. The van der Waals surface area contributed by atoms with E-state index < -0.39 is 6.03 Å². The van der Waals surface area contributed by atoms with Gasteiger partial charge in [-0.25, -0.2) is 9.48 Å². The Morgan fingerprint density at radius 2 is 1.68 bits per heavy atom. The third kappa shape index (κ3) is 4.79. The minimum absolute atomic E-state index is 0.281. The predicted molar refractivity (Wildman–Crippen MR) is 124 cm³/mol. The van der Waals surface area contributed by atoms with Gasteiger partial charge in [0.25, 0.3) is 0 Å². The number of anilines is 2. The van der Waals surface area contributed by atoms with E-state index in [4.69, 9.17) is 28.9 Å². The number of rotatable bonds is 5. The van der Waals surface area contributed by atoms with E-state index in [0.29, 0.717) is 33.7 Å². The fraction of sp³-hybridized carbons (Fsp3) is 0.0455. The molecule has 0 atom stereocenters.